The van der Waals surface area contributed by atoms with E-state index in [9.17, 15) is 0 Å². The summed E-state index contributed by atoms with van der Waals surface area (Å²) < 4.78 is 11.8. The molecule has 14 rings (SSSR count). The van der Waals surface area contributed by atoms with Gasteiger partial charge in [0, 0.05) is 58.5 Å². The highest BCUT2D eigenvalue weighted by Gasteiger charge is 2.21. The van der Waals surface area contributed by atoms with Crippen LogP contribution in [-0.4, -0.2) is 19.5 Å². The van der Waals surface area contributed by atoms with Crippen molar-refractivity contribution < 1.29 is 4.42 Å². The lowest BCUT2D eigenvalue weighted by molar-refractivity contribution is 0.670. The molecule has 4 aromatic heterocycles. The Morgan fingerprint density at radius 1 is 0.381 bits per heavy atom. The van der Waals surface area contributed by atoms with Gasteiger partial charge in [0.2, 0.25) is 0 Å². The minimum absolute atomic E-state index is 0.566. The maximum absolute atomic E-state index is 6.83. The Kier molecular flexibility index (Phi) is 7.21. The molecule has 0 spiro atoms. The van der Waals surface area contributed by atoms with E-state index in [0.29, 0.717) is 17.5 Å². The third-order valence-corrected chi connectivity index (χ3v) is 13.9. The summed E-state index contributed by atoms with van der Waals surface area (Å²) in [5.41, 5.74) is 7.74. The number of para-hydroxylation sites is 1. The zero-order valence-electron chi connectivity index (χ0n) is 33.6. The first-order valence-electron chi connectivity index (χ1n) is 21.2. The predicted molar refractivity (Wildman–Crippen MR) is 263 cm³/mol. The number of fused-ring (bicyclic) bond motifs is 13. The van der Waals surface area contributed by atoms with Crippen LogP contribution in [0.4, 0.5) is 0 Å². The Labute approximate surface area is 363 Å². The lowest BCUT2D eigenvalue weighted by Gasteiger charge is -2.11. The quantitative estimate of drug-likeness (QED) is 0.177. The molecule has 0 aliphatic carbocycles. The smallest absolute Gasteiger partial charge is 0.167 e. The van der Waals surface area contributed by atoms with Gasteiger partial charge in [0.25, 0.3) is 0 Å². The van der Waals surface area contributed by atoms with Crippen molar-refractivity contribution in [3.8, 4) is 39.9 Å². The number of hydrogen-bond donors (Lipinski definition) is 0. The largest absolute Gasteiger partial charge is 0.455 e. The van der Waals surface area contributed by atoms with Gasteiger partial charge in [0.1, 0.15) is 11.2 Å². The van der Waals surface area contributed by atoms with E-state index in [1.165, 1.54) is 63.5 Å². The van der Waals surface area contributed by atoms with E-state index in [1.807, 2.05) is 30.3 Å². The summed E-state index contributed by atoms with van der Waals surface area (Å²) in [7, 11) is 0. The molecule has 0 amide bonds. The average molecular weight is 821 g/mol. The van der Waals surface area contributed by atoms with Gasteiger partial charge >= 0.3 is 0 Å². The molecule has 0 aliphatic heterocycles. The second-order valence-electron chi connectivity index (χ2n) is 16.4. The molecule has 0 fully saturated rings. The van der Waals surface area contributed by atoms with Gasteiger partial charge in [-0.15, -0.1) is 11.3 Å². The van der Waals surface area contributed by atoms with Crippen LogP contribution in [0.3, 0.4) is 0 Å². The summed E-state index contributed by atoms with van der Waals surface area (Å²) in [4.78, 5) is 15.4. The monoisotopic (exact) mass is 820 g/mol. The standard InChI is InChI=1S/C57H32N4OS/c1-2-11-33(12-3-1)55-58-56(39-22-26-52-47(30-39)42-17-8-9-20-51(42)63-52)60-57(59-55)44-19-10-18-43-53-41-24-23-40(27-38(41)21-25-50(53)62-54(43)44)61-48-31-36-15-6-4-13-34(36)28-45(48)46-29-35-14-5-7-16-37(35)32-49(46)61/h1-32H. The van der Waals surface area contributed by atoms with Crippen molar-refractivity contribution in [2.24, 2.45) is 0 Å². The Hall–Kier alpha value is -8.19. The molecule has 0 aliphatic rings. The van der Waals surface area contributed by atoms with E-state index < -0.39 is 0 Å². The zero-order chi connectivity index (χ0) is 41.2. The molecule has 0 bridgehead atoms. The minimum atomic E-state index is 0.566. The van der Waals surface area contributed by atoms with Gasteiger partial charge in [0.05, 0.1) is 16.6 Å². The van der Waals surface area contributed by atoms with E-state index in [-0.39, 0.29) is 0 Å². The van der Waals surface area contributed by atoms with Crippen molar-refractivity contribution in [1.82, 2.24) is 19.5 Å². The van der Waals surface area contributed by atoms with Crippen LogP contribution in [0.25, 0.3) is 136 Å². The summed E-state index contributed by atoms with van der Waals surface area (Å²) in [6.07, 6.45) is 0. The van der Waals surface area contributed by atoms with Gasteiger partial charge in [-0.3, -0.25) is 0 Å². The molecule has 0 N–H and O–H groups in total. The summed E-state index contributed by atoms with van der Waals surface area (Å²) in [6.45, 7) is 0. The van der Waals surface area contributed by atoms with Crippen molar-refractivity contribution >= 4 is 108 Å². The van der Waals surface area contributed by atoms with Crippen LogP contribution in [0, 0.1) is 0 Å². The van der Waals surface area contributed by atoms with Crippen LogP contribution < -0.4 is 0 Å². The van der Waals surface area contributed by atoms with Gasteiger partial charge in [-0.1, -0.05) is 121 Å². The van der Waals surface area contributed by atoms with E-state index in [0.717, 1.165) is 55.1 Å². The lowest BCUT2D eigenvalue weighted by Crippen LogP contribution is -2.00. The first-order valence-corrected chi connectivity index (χ1v) is 22.0. The fourth-order valence-corrected chi connectivity index (χ4v) is 10.9. The van der Waals surface area contributed by atoms with Crippen LogP contribution in [0.15, 0.2) is 199 Å². The van der Waals surface area contributed by atoms with Crippen molar-refractivity contribution in [3.05, 3.63) is 194 Å². The number of furan rings is 1. The summed E-state index contributed by atoms with van der Waals surface area (Å²) >= 11 is 1.80. The number of nitrogens with zero attached hydrogens (tertiary/aromatic N) is 4. The van der Waals surface area contributed by atoms with Gasteiger partial charge in [-0.2, -0.15) is 0 Å². The molecule has 0 radical (unpaired) electrons. The molecule has 0 saturated heterocycles. The topological polar surface area (TPSA) is 56.7 Å². The molecule has 6 heteroatoms. The Balaban J connectivity index is 0.956. The second kappa shape index (κ2) is 13.2. The highest BCUT2D eigenvalue weighted by molar-refractivity contribution is 7.25. The van der Waals surface area contributed by atoms with Crippen molar-refractivity contribution in [2.75, 3.05) is 0 Å². The van der Waals surface area contributed by atoms with Crippen LogP contribution in [-0.2, 0) is 0 Å². The Bertz CT molecular complexity index is 4130. The van der Waals surface area contributed by atoms with Crippen molar-refractivity contribution in [3.63, 3.8) is 0 Å². The Morgan fingerprint density at radius 3 is 1.78 bits per heavy atom. The van der Waals surface area contributed by atoms with E-state index >= 15 is 0 Å². The summed E-state index contributed by atoms with van der Waals surface area (Å²) in [5, 5.41) is 14.2. The normalized spacial score (nSPS) is 12.1. The predicted octanol–water partition coefficient (Wildman–Crippen LogP) is 15.7. The molecule has 4 heterocycles. The van der Waals surface area contributed by atoms with E-state index in [1.54, 1.807) is 11.3 Å². The number of thiophene rings is 1. The average Bonchev–Trinajstić information content (AvgIpc) is 4.01. The molecular weight excluding hydrogens is 789 g/mol. The van der Waals surface area contributed by atoms with Crippen LogP contribution in [0.2, 0.25) is 0 Å². The molecule has 0 saturated carbocycles. The van der Waals surface area contributed by atoms with Gasteiger partial charge in [0.15, 0.2) is 17.5 Å². The summed E-state index contributed by atoms with van der Waals surface area (Å²) in [5.74, 6) is 1.80. The minimum Gasteiger partial charge on any atom is -0.455 e. The highest BCUT2D eigenvalue weighted by atomic mass is 32.1. The van der Waals surface area contributed by atoms with Crippen molar-refractivity contribution in [1.29, 1.82) is 0 Å². The Morgan fingerprint density at radius 2 is 1.02 bits per heavy atom. The molecule has 63 heavy (non-hydrogen) atoms. The third kappa shape index (κ3) is 5.25. The van der Waals surface area contributed by atoms with Crippen LogP contribution in [0.1, 0.15) is 0 Å². The maximum atomic E-state index is 6.83. The second-order valence-corrected chi connectivity index (χ2v) is 17.5. The molecule has 5 nitrogen and oxygen atoms in total. The molecule has 14 aromatic rings. The first kappa shape index (κ1) is 34.5. The number of aromatic nitrogens is 4. The fraction of sp³-hybridized carbons (Fsp3) is 0. The molecule has 10 aromatic carbocycles. The first-order chi connectivity index (χ1) is 31.2. The van der Waals surface area contributed by atoms with E-state index in [2.05, 4.69) is 168 Å². The SMILES string of the molecule is c1ccc(-c2nc(-c3ccc4sc5ccccc5c4c3)nc(-c3cccc4c3oc3ccc5cc(-n6c7cc8ccccc8cc7c7cc8ccccc8cc76)ccc5c34)n2)cc1. The van der Waals surface area contributed by atoms with Gasteiger partial charge in [-0.05, 0) is 105 Å². The molecular formula is C57H32N4OS. The number of hydrogen-bond acceptors (Lipinski definition) is 5. The maximum Gasteiger partial charge on any atom is 0.167 e. The fourth-order valence-electron chi connectivity index (χ4n) is 9.80. The summed E-state index contributed by atoms with van der Waals surface area (Å²) in [6, 6.07) is 69.3. The molecule has 292 valence electrons. The van der Waals surface area contributed by atoms with Crippen molar-refractivity contribution in [2.45, 2.75) is 0 Å². The van der Waals surface area contributed by atoms with Gasteiger partial charge < -0.3 is 8.98 Å². The van der Waals surface area contributed by atoms with Crippen LogP contribution in [0.5, 0.6) is 0 Å². The van der Waals surface area contributed by atoms with Crippen LogP contribution >= 0.6 is 11.3 Å². The number of rotatable bonds is 4. The number of benzene rings is 10. The van der Waals surface area contributed by atoms with Gasteiger partial charge in [-0.25, -0.2) is 15.0 Å². The highest BCUT2D eigenvalue weighted by Crippen LogP contribution is 2.42. The zero-order valence-corrected chi connectivity index (χ0v) is 34.4. The third-order valence-electron chi connectivity index (χ3n) is 12.8. The van der Waals surface area contributed by atoms with E-state index in [4.69, 9.17) is 19.4 Å². The lowest BCUT2D eigenvalue weighted by atomic mass is 10.0. The molecule has 0 unspecified atom stereocenters. The molecule has 0 atom stereocenters.